The number of benzene rings is 1. The van der Waals surface area contributed by atoms with Gasteiger partial charge in [-0.25, -0.2) is 0 Å². The second-order valence-electron chi connectivity index (χ2n) is 6.05. The van der Waals surface area contributed by atoms with Crippen molar-refractivity contribution >= 4 is 17.6 Å². The molecule has 0 spiro atoms. The lowest BCUT2D eigenvalue weighted by atomic mass is 10.2. The molecule has 0 aliphatic rings. The molecule has 8 nitrogen and oxygen atoms in total. The Hall–Kier alpha value is -3.68. The van der Waals surface area contributed by atoms with Crippen molar-refractivity contribution < 1.29 is 4.79 Å². The molecule has 0 saturated carbocycles. The molecular formula is C20H23N7O. The number of guanidine groups is 1. The number of rotatable bonds is 7. The number of hydrogen-bond acceptors (Lipinski definition) is 4. The van der Waals surface area contributed by atoms with Crippen LogP contribution in [0.4, 0.5) is 5.69 Å². The van der Waals surface area contributed by atoms with Gasteiger partial charge in [0.25, 0.3) is 0 Å². The molecule has 3 N–H and O–H groups in total. The molecule has 0 aliphatic carbocycles. The minimum absolute atomic E-state index is 0.123. The van der Waals surface area contributed by atoms with Gasteiger partial charge in [0.1, 0.15) is 6.54 Å². The highest BCUT2D eigenvalue weighted by Gasteiger charge is 2.05. The first kappa shape index (κ1) is 19.1. The van der Waals surface area contributed by atoms with Crippen LogP contribution in [0.3, 0.4) is 0 Å². The van der Waals surface area contributed by atoms with E-state index in [9.17, 15) is 4.79 Å². The lowest BCUT2D eigenvalue weighted by Gasteiger charge is -2.12. The normalized spacial score (nSPS) is 11.1. The van der Waals surface area contributed by atoms with Gasteiger partial charge in [0.15, 0.2) is 5.96 Å². The Morgan fingerprint density at radius 1 is 1.07 bits per heavy atom. The Labute approximate surface area is 163 Å². The minimum Gasteiger partial charge on any atom is -0.352 e. The third-order valence-electron chi connectivity index (χ3n) is 3.92. The van der Waals surface area contributed by atoms with Crippen molar-refractivity contribution in [1.29, 1.82) is 0 Å². The predicted molar refractivity (Wildman–Crippen MR) is 109 cm³/mol. The summed E-state index contributed by atoms with van der Waals surface area (Å²) in [7, 11) is 1.72. The molecule has 144 valence electrons. The van der Waals surface area contributed by atoms with E-state index in [0.717, 1.165) is 16.9 Å². The van der Waals surface area contributed by atoms with Crippen LogP contribution in [-0.4, -0.2) is 33.7 Å². The second-order valence-corrected chi connectivity index (χ2v) is 6.05. The van der Waals surface area contributed by atoms with E-state index in [2.05, 4.69) is 31.0 Å². The molecule has 1 aromatic carbocycles. The molecule has 3 rings (SSSR count). The van der Waals surface area contributed by atoms with E-state index in [1.165, 1.54) is 0 Å². The number of aliphatic imine (C=N–C) groups is 1. The van der Waals surface area contributed by atoms with Crippen molar-refractivity contribution in [3.63, 3.8) is 0 Å². The minimum atomic E-state index is -0.123. The van der Waals surface area contributed by atoms with Gasteiger partial charge in [-0.3, -0.25) is 19.5 Å². The average Bonchev–Trinajstić information content (AvgIpc) is 3.22. The summed E-state index contributed by atoms with van der Waals surface area (Å²) in [6, 6.07) is 15.3. The molecule has 8 heteroatoms. The molecule has 0 bridgehead atoms. The maximum atomic E-state index is 12.1. The third kappa shape index (κ3) is 5.94. The lowest BCUT2D eigenvalue weighted by molar-refractivity contribution is -0.116. The molecule has 0 unspecified atom stereocenters. The van der Waals surface area contributed by atoms with E-state index < -0.39 is 0 Å². The van der Waals surface area contributed by atoms with Crippen molar-refractivity contribution in [2.75, 3.05) is 12.4 Å². The monoisotopic (exact) mass is 377 g/mol. The summed E-state index contributed by atoms with van der Waals surface area (Å²) in [5.74, 6) is 0.556. The molecule has 0 saturated heterocycles. The molecular weight excluding hydrogens is 354 g/mol. The van der Waals surface area contributed by atoms with Crippen LogP contribution in [-0.2, 0) is 24.4 Å². The Morgan fingerprint density at radius 3 is 2.71 bits per heavy atom. The van der Waals surface area contributed by atoms with Crippen LogP contribution in [0.25, 0.3) is 0 Å². The first-order valence-electron chi connectivity index (χ1n) is 8.93. The van der Waals surface area contributed by atoms with Crippen molar-refractivity contribution in [3.8, 4) is 0 Å². The SMILES string of the molecule is CN=C(NCc1cccc(NC(=O)Cn2cccn2)c1)NCc1ccccn1. The van der Waals surface area contributed by atoms with Gasteiger partial charge in [0.05, 0.1) is 12.2 Å². The van der Waals surface area contributed by atoms with Gasteiger partial charge in [0, 0.05) is 37.9 Å². The zero-order valence-corrected chi connectivity index (χ0v) is 15.7. The van der Waals surface area contributed by atoms with Gasteiger partial charge in [-0.15, -0.1) is 0 Å². The largest absolute Gasteiger partial charge is 0.352 e. The maximum absolute atomic E-state index is 12.1. The van der Waals surface area contributed by atoms with E-state index in [1.807, 2.05) is 42.5 Å². The van der Waals surface area contributed by atoms with E-state index >= 15 is 0 Å². The molecule has 2 aromatic heterocycles. The Morgan fingerprint density at radius 2 is 1.96 bits per heavy atom. The molecule has 0 radical (unpaired) electrons. The number of carbonyl (C=O) groups excluding carboxylic acids is 1. The highest BCUT2D eigenvalue weighted by molar-refractivity contribution is 5.90. The Kier molecular flexibility index (Phi) is 6.73. The number of amides is 1. The smallest absolute Gasteiger partial charge is 0.246 e. The second kappa shape index (κ2) is 9.86. The number of nitrogens with zero attached hydrogens (tertiary/aromatic N) is 4. The van der Waals surface area contributed by atoms with Crippen LogP contribution in [0.2, 0.25) is 0 Å². The quantitative estimate of drug-likeness (QED) is 0.431. The molecule has 2 heterocycles. The third-order valence-corrected chi connectivity index (χ3v) is 3.92. The van der Waals surface area contributed by atoms with E-state index in [1.54, 1.807) is 36.4 Å². The van der Waals surface area contributed by atoms with Crippen LogP contribution in [0, 0.1) is 0 Å². The van der Waals surface area contributed by atoms with Crippen LogP contribution in [0.5, 0.6) is 0 Å². The standard InChI is InChI=1S/C20H23N7O/c1-21-20(24-14-18-7-2-3-9-22-18)23-13-16-6-4-8-17(12-16)26-19(28)15-27-11-5-10-25-27/h2-12H,13-15H2,1H3,(H,26,28)(H2,21,23,24). The average molecular weight is 377 g/mol. The summed E-state index contributed by atoms with van der Waals surface area (Å²) in [5.41, 5.74) is 2.71. The predicted octanol–water partition coefficient (Wildman–Crippen LogP) is 1.78. The molecule has 0 fully saturated rings. The van der Waals surface area contributed by atoms with E-state index in [-0.39, 0.29) is 12.5 Å². The van der Waals surface area contributed by atoms with Gasteiger partial charge in [-0.1, -0.05) is 18.2 Å². The van der Waals surface area contributed by atoms with Crippen molar-refractivity contribution in [2.24, 2.45) is 4.99 Å². The topological polar surface area (TPSA) is 96.2 Å². The Bertz CT molecular complexity index is 907. The summed E-state index contributed by atoms with van der Waals surface area (Å²) >= 11 is 0. The fraction of sp³-hybridized carbons (Fsp3) is 0.200. The molecule has 3 aromatic rings. The molecule has 0 aliphatic heterocycles. The van der Waals surface area contributed by atoms with Crippen molar-refractivity contribution in [3.05, 3.63) is 78.4 Å². The summed E-state index contributed by atoms with van der Waals surface area (Å²) in [5, 5.41) is 13.4. The van der Waals surface area contributed by atoms with Crippen LogP contribution in [0.15, 0.2) is 72.1 Å². The zero-order valence-electron chi connectivity index (χ0n) is 15.7. The van der Waals surface area contributed by atoms with E-state index in [0.29, 0.717) is 19.0 Å². The van der Waals surface area contributed by atoms with Gasteiger partial charge < -0.3 is 16.0 Å². The zero-order chi connectivity index (χ0) is 19.6. The van der Waals surface area contributed by atoms with Crippen LogP contribution in [0.1, 0.15) is 11.3 Å². The van der Waals surface area contributed by atoms with Crippen LogP contribution >= 0.6 is 0 Å². The number of hydrogen-bond donors (Lipinski definition) is 3. The summed E-state index contributed by atoms with van der Waals surface area (Å²) < 4.78 is 1.58. The van der Waals surface area contributed by atoms with Crippen molar-refractivity contribution in [1.82, 2.24) is 25.4 Å². The Balaban J connectivity index is 1.49. The molecule has 1 amide bonds. The van der Waals surface area contributed by atoms with Crippen molar-refractivity contribution in [2.45, 2.75) is 19.6 Å². The number of carbonyl (C=O) groups is 1. The first-order valence-corrected chi connectivity index (χ1v) is 8.93. The maximum Gasteiger partial charge on any atom is 0.246 e. The molecule has 28 heavy (non-hydrogen) atoms. The molecule has 0 atom stereocenters. The van der Waals surface area contributed by atoms with Gasteiger partial charge in [0.2, 0.25) is 5.91 Å². The number of aromatic nitrogens is 3. The van der Waals surface area contributed by atoms with Gasteiger partial charge in [-0.05, 0) is 35.9 Å². The van der Waals surface area contributed by atoms with Crippen LogP contribution < -0.4 is 16.0 Å². The fourth-order valence-electron chi connectivity index (χ4n) is 2.58. The summed E-state index contributed by atoms with van der Waals surface area (Å²) in [6.07, 6.45) is 5.16. The number of nitrogens with one attached hydrogen (secondary N) is 3. The number of pyridine rings is 1. The number of anilines is 1. The fourth-order valence-corrected chi connectivity index (χ4v) is 2.58. The van der Waals surface area contributed by atoms with E-state index in [4.69, 9.17) is 0 Å². The highest BCUT2D eigenvalue weighted by atomic mass is 16.2. The highest BCUT2D eigenvalue weighted by Crippen LogP contribution is 2.10. The lowest BCUT2D eigenvalue weighted by Crippen LogP contribution is -2.36. The van der Waals surface area contributed by atoms with Gasteiger partial charge >= 0.3 is 0 Å². The van der Waals surface area contributed by atoms with Gasteiger partial charge in [-0.2, -0.15) is 5.10 Å². The summed E-state index contributed by atoms with van der Waals surface area (Å²) in [4.78, 5) is 20.6. The summed E-state index contributed by atoms with van der Waals surface area (Å²) in [6.45, 7) is 1.34. The first-order chi connectivity index (χ1) is 13.7.